The van der Waals surface area contributed by atoms with Crippen molar-refractivity contribution < 1.29 is 0 Å². The molecule has 0 aromatic heterocycles. The summed E-state index contributed by atoms with van der Waals surface area (Å²) in [6, 6.07) is 35.2. The highest BCUT2D eigenvalue weighted by atomic mass is 15.1. The summed E-state index contributed by atoms with van der Waals surface area (Å²) in [5.41, 5.74) is 11.4. The minimum atomic E-state index is -0.0899. The van der Waals surface area contributed by atoms with Gasteiger partial charge in [-0.25, -0.2) is 0 Å². The van der Waals surface area contributed by atoms with Crippen molar-refractivity contribution in [2.45, 2.75) is 32.1 Å². The molecule has 2 nitrogen and oxygen atoms in total. The highest BCUT2D eigenvalue weighted by Gasteiger charge is 2.36. The fourth-order valence-electron chi connectivity index (χ4n) is 5.66. The van der Waals surface area contributed by atoms with Crippen molar-refractivity contribution in [1.29, 1.82) is 0 Å². The molecule has 0 amide bonds. The second-order valence-corrected chi connectivity index (χ2v) is 10.3. The summed E-state index contributed by atoms with van der Waals surface area (Å²) in [5, 5.41) is 0. The van der Waals surface area contributed by atoms with Crippen molar-refractivity contribution in [3.63, 3.8) is 0 Å². The molecule has 0 saturated carbocycles. The van der Waals surface area contributed by atoms with Gasteiger partial charge in [0, 0.05) is 40.9 Å². The molecule has 0 spiro atoms. The molecule has 4 aromatic carbocycles. The second kappa shape index (κ2) is 8.87. The molecular formula is C34H32N2. The van der Waals surface area contributed by atoms with Crippen molar-refractivity contribution in [3.8, 4) is 11.1 Å². The summed E-state index contributed by atoms with van der Waals surface area (Å²) >= 11 is 0. The number of hydrogen-bond acceptors (Lipinski definition) is 2. The van der Waals surface area contributed by atoms with Crippen LogP contribution in [0.25, 0.3) is 11.1 Å². The van der Waals surface area contributed by atoms with Crippen LogP contribution in [0, 0.1) is 0 Å². The molecule has 0 bridgehead atoms. The third-order valence-corrected chi connectivity index (χ3v) is 7.68. The highest BCUT2D eigenvalue weighted by Crippen LogP contribution is 2.51. The maximum absolute atomic E-state index is 2.39. The Hall–Kier alpha value is -4.04. The predicted molar refractivity (Wildman–Crippen MR) is 154 cm³/mol. The van der Waals surface area contributed by atoms with E-state index in [4.69, 9.17) is 0 Å². The van der Waals surface area contributed by atoms with Crippen LogP contribution in [0.1, 0.15) is 37.8 Å². The lowest BCUT2D eigenvalue weighted by atomic mass is 9.82. The first-order valence-electron chi connectivity index (χ1n) is 12.8. The van der Waals surface area contributed by atoms with Gasteiger partial charge >= 0.3 is 0 Å². The molecule has 6 rings (SSSR count). The van der Waals surface area contributed by atoms with Crippen LogP contribution in [0.2, 0.25) is 0 Å². The molecule has 0 aliphatic heterocycles. The Kier molecular flexibility index (Phi) is 5.53. The molecule has 0 N–H and O–H groups in total. The van der Waals surface area contributed by atoms with Gasteiger partial charge in [-0.1, -0.05) is 74.5 Å². The molecule has 0 heterocycles. The normalized spacial score (nSPS) is 15.1. The van der Waals surface area contributed by atoms with E-state index in [1.807, 2.05) is 0 Å². The molecule has 2 heteroatoms. The van der Waals surface area contributed by atoms with Crippen LogP contribution in [0.3, 0.4) is 0 Å². The number of nitrogens with zero attached hydrogens (tertiary/aromatic N) is 2. The number of rotatable bonds is 5. The zero-order valence-corrected chi connectivity index (χ0v) is 21.3. The minimum absolute atomic E-state index is 0.0899. The Morgan fingerprint density at radius 1 is 0.611 bits per heavy atom. The number of likely N-dealkylation sites (N-methyl/N-ethyl adjacent to an activating group) is 1. The fourth-order valence-corrected chi connectivity index (χ4v) is 5.66. The average Bonchev–Trinajstić information content (AvgIpc) is 3.16. The third-order valence-electron chi connectivity index (χ3n) is 7.68. The summed E-state index contributed by atoms with van der Waals surface area (Å²) in [4.78, 5) is 4.66. The molecule has 178 valence electrons. The van der Waals surface area contributed by atoms with Crippen molar-refractivity contribution in [1.82, 2.24) is 0 Å². The molecule has 0 fully saturated rings. The lowest BCUT2D eigenvalue weighted by Crippen LogP contribution is -2.19. The summed E-state index contributed by atoms with van der Waals surface area (Å²) in [6.07, 6.45) is 9.09. The van der Waals surface area contributed by atoms with Gasteiger partial charge in [0.05, 0.1) is 0 Å². The maximum Gasteiger partial charge on any atom is 0.0465 e. The van der Waals surface area contributed by atoms with E-state index in [1.54, 1.807) is 0 Å². The quantitative estimate of drug-likeness (QED) is 0.288. The first kappa shape index (κ1) is 22.4. The standard InChI is InChI=1S/C34H32N2/c1-34(2)32-23-28(35(3)25-13-7-4-8-14-25)19-21-30(32)31-22-20-29(24-33(31)34)36(26-15-9-5-10-16-26)27-17-11-6-12-18-27/h5-7,9-24H,4,8H2,1-3H3. The first-order valence-corrected chi connectivity index (χ1v) is 12.8. The van der Waals surface area contributed by atoms with E-state index in [9.17, 15) is 0 Å². The topological polar surface area (TPSA) is 6.48 Å². The van der Waals surface area contributed by atoms with Gasteiger partial charge in [-0.3, -0.25) is 0 Å². The minimum Gasteiger partial charge on any atom is -0.345 e. The molecule has 0 radical (unpaired) electrons. The Labute approximate surface area is 214 Å². The second-order valence-electron chi connectivity index (χ2n) is 10.3. The summed E-state index contributed by atoms with van der Waals surface area (Å²) in [7, 11) is 2.17. The Morgan fingerprint density at radius 3 is 1.72 bits per heavy atom. The fraction of sp³-hybridized carbons (Fsp3) is 0.176. The molecule has 2 aliphatic carbocycles. The molecular weight excluding hydrogens is 436 g/mol. The predicted octanol–water partition coefficient (Wildman–Crippen LogP) is 9.13. The van der Waals surface area contributed by atoms with Gasteiger partial charge in [-0.05, 0) is 89.7 Å². The van der Waals surface area contributed by atoms with Gasteiger partial charge < -0.3 is 9.80 Å². The number of fused-ring (bicyclic) bond motifs is 3. The molecule has 0 atom stereocenters. The third kappa shape index (κ3) is 3.74. The summed E-state index contributed by atoms with van der Waals surface area (Å²) in [6.45, 7) is 4.72. The molecule has 0 saturated heterocycles. The van der Waals surface area contributed by atoms with Crippen molar-refractivity contribution in [2.24, 2.45) is 0 Å². The van der Waals surface area contributed by atoms with E-state index in [1.165, 1.54) is 39.3 Å². The molecule has 36 heavy (non-hydrogen) atoms. The van der Waals surface area contributed by atoms with Crippen molar-refractivity contribution in [2.75, 3.05) is 16.8 Å². The number of anilines is 4. The number of para-hydroxylation sites is 2. The van der Waals surface area contributed by atoms with Gasteiger partial charge in [-0.2, -0.15) is 0 Å². The smallest absolute Gasteiger partial charge is 0.0465 e. The number of hydrogen-bond donors (Lipinski definition) is 0. The lowest BCUT2D eigenvalue weighted by Gasteiger charge is -2.28. The van der Waals surface area contributed by atoms with E-state index in [0.29, 0.717) is 0 Å². The van der Waals surface area contributed by atoms with Crippen molar-refractivity contribution in [3.05, 3.63) is 132 Å². The van der Waals surface area contributed by atoms with Crippen LogP contribution in [0.4, 0.5) is 22.7 Å². The van der Waals surface area contributed by atoms with Gasteiger partial charge in [0.25, 0.3) is 0 Å². The van der Waals surface area contributed by atoms with Crippen LogP contribution in [-0.4, -0.2) is 7.05 Å². The number of allylic oxidation sites excluding steroid dienone is 3. The largest absolute Gasteiger partial charge is 0.345 e. The van der Waals surface area contributed by atoms with E-state index in [2.05, 4.69) is 146 Å². The Balaban J connectivity index is 1.43. The van der Waals surface area contributed by atoms with Crippen LogP contribution in [-0.2, 0) is 5.41 Å². The number of benzene rings is 4. The van der Waals surface area contributed by atoms with Crippen LogP contribution in [0.15, 0.2) is 121 Å². The van der Waals surface area contributed by atoms with E-state index in [-0.39, 0.29) is 5.41 Å². The van der Waals surface area contributed by atoms with E-state index in [0.717, 1.165) is 24.2 Å². The van der Waals surface area contributed by atoms with Gasteiger partial charge in [0.2, 0.25) is 0 Å². The van der Waals surface area contributed by atoms with Crippen LogP contribution < -0.4 is 9.80 Å². The van der Waals surface area contributed by atoms with E-state index >= 15 is 0 Å². The molecule has 0 unspecified atom stereocenters. The first-order chi connectivity index (χ1) is 17.5. The monoisotopic (exact) mass is 468 g/mol. The van der Waals surface area contributed by atoms with Crippen molar-refractivity contribution >= 4 is 22.7 Å². The lowest BCUT2D eigenvalue weighted by molar-refractivity contribution is 0.660. The summed E-state index contributed by atoms with van der Waals surface area (Å²) in [5.74, 6) is 0. The molecule has 4 aromatic rings. The van der Waals surface area contributed by atoms with Gasteiger partial charge in [0.15, 0.2) is 0 Å². The zero-order valence-electron chi connectivity index (χ0n) is 21.3. The Morgan fingerprint density at radius 2 is 1.17 bits per heavy atom. The SMILES string of the molecule is CN(C1=CCCC=C1)c1ccc2c(c1)C(C)(C)c1cc(N(c3ccccc3)c3ccccc3)ccc1-2. The van der Waals surface area contributed by atoms with Crippen LogP contribution >= 0.6 is 0 Å². The van der Waals surface area contributed by atoms with E-state index < -0.39 is 0 Å². The zero-order chi connectivity index (χ0) is 24.7. The Bertz CT molecular complexity index is 1420. The van der Waals surface area contributed by atoms with Gasteiger partial charge in [0.1, 0.15) is 0 Å². The molecule has 2 aliphatic rings. The highest BCUT2D eigenvalue weighted by molar-refractivity contribution is 5.86. The average molecular weight is 469 g/mol. The summed E-state index contributed by atoms with van der Waals surface area (Å²) < 4.78 is 0. The maximum atomic E-state index is 2.39. The van der Waals surface area contributed by atoms with Gasteiger partial charge in [-0.15, -0.1) is 0 Å². The van der Waals surface area contributed by atoms with Crippen LogP contribution in [0.5, 0.6) is 0 Å².